The van der Waals surface area contributed by atoms with E-state index in [9.17, 15) is 8.42 Å². The number of methoxy groups -OCH3 is 1. The third-order valence-electron chi connectivity index (χ3n) is 2.73. The summed E-state index contributed by atoms with van der Waals surface area (Å²) in [6, 6.07) is 9.63. The van der Waals surface area contributed by atoms with Crippen molar-refractivity contribution in [1.82, 2.24) is 4.72 Å². The van der Waals surface area contributed by atoms with E-state index >= 15 is 0 Å². The molecule has 0 unspecified atom stereocenters. The molecule has 0 bridgehead atoms. The Morgan fingerprint density at radius 2 is 2.11 bits per heavy atom. The van der Waals surface area contributed by atoms with Crippen LogP contribution in [-0.4, -0.2) is 34.4 Å². The number of furan rings is 1. The summed E-state index contributed by atoms with van der Waals surface area (Å²) in [5.74, 6) is 0.750. The van der Waals surface area contributed by atoms with Crippen molar-refractivity contribution < 1.29 is 17.6 Å². The summed E-state index contributed by atoms with van der Waals surface area (Å²) in [5, 5.41) is 1.03. The predicted molar refractivity (Wildman–Crippen MR) is 73.6 cm³/mol. The molecule has 19 heavy (non-hydrogen) atoms. The molecule has 2 aromatic rings. The van der Waals surface area contributed by atoms with Crippen molar-refractivity contribution in [3.05, 3.63) is 36.1 Å². The molecule has 0 saturated heterocycles. The highest BCUT2D eigenvalue weighted by Crippen LogP contribution is 2.18. The number of benzene rings is 1. The third kappa shape index (κ3) is 4.05. The van der Waals surface area contributed by atoms with Crippen molar-refractivity contribution in [3.63, 3.8) is 0 Å². The van der Waals surface area contributed by atoms with Gasteiger partial charge in [-0.3, -0.25) is 0 Å². The van der Waals surface area contributed by atoms with Gasteiger partial charge in [-0.05, 0) is 12.1 Å². The van der Waals surface area contributed by atoms with Gasteiger partial charge in [0, 0.05) is 25.5 Å². The Hall–Kier alpha value is -1.37. The zero-order chi connectivity index (χ0) is 13.7. The maximum absolute atomic E-state index is 11.5. The lowest BCUT2D eigenvalue weighted by Crippen LogP contribution is -2.29. The third-order valence-corrected chi connectivity index (χ3v) is 4.07. The monoisotopic (exact) mass is 283 g/mol. The van der Waals surface area contributed by atoms with E-state index in [0.717, 1.165) is 16.7 Å². The number of para-hydroxylation sites is 1. The number of hydrogen-bond donors (Lipinski definition) is 1. The first-order chi connectivity index (χ1) is 9.11. The molecule has 1 aromatic heterocycles. The first kappa shape index (κ1) is 14.0. The molecule has 1 aromatic carbocycles. The van der Waals surface area contributed by atoms with Gasteiger partial charge in [-0.25, -0.2) is 13.1 Å². The topological polar surface area (TPSA) is 68.5 Å². The van der Waals surface area contributed by atoms with Crippen LogP contribution in [-0.2, 0) is 21.2 Å². The Balaban J connectivity index is 1.89. The van der Waals surface area contributed by atoms with Crippen LogP contribution >= 0.6 is 0 Å². The van der Waals surface area contributed by atoms with Gasteiger partial charge in [-0.1, -0.05) is 18.2 Å². The van der Waals surface area contributed by atoms with E-state index in [1.807, 2.05) is 30.3 Å². The fourth-order valence-corrected chi connectivity index (χ4v) is 2.70. The average Bonchev–Trinajstić information content (AvgIpc) is 2.78. The number of fused-ring (bicyclic) bond motifs is 1. The quantitative estimate of drug-likeness (QED) is 0.837. The van der Waals surface area contributed by atoms with Gasteiger partial charge in [-0.2, -0.15) is 0 Å². The van der Waals surface area contributed by atoms with Crippen LogP contribution in [0.25, 0.3) is 11.0 Å². The summed E-state index contributed by atoms with van der Waals surface area (Å²) in [4.78, 5) is 0. The molecule has 0 fully saturated rings. The summed E-state index contributed by atoms with van der Waals surface area (Å²) in [6.45, 7) is 0.520. The maximum Gasteiger partial charge on any atom is 0.213 e. The number of rotatable bonds is 7. The Labute approximate surface area is 112 Å². The Bertz CT molecular complexity index is 600. The summed E-state index contributed by atoms with van der Waals surface area (Å²) in [7, 11) is -1.78. The Morgan fingerprint density at radius 1 is 1.32 bits per heavy atom. The van der Waals surface area contributed by atoms with Gasteiger partial charge in [0.05, 0.1) is 12.4 Å². The second kappa shape index (κ2) is 6.18. The van der Waals surface area contributed by atoms with Gasteiger partial charge in [0.2, 0.25) is 10.0 Å². The minimum atomic E-state index is -3.26. The van der Waals surface area contributed by atoms with Crippen molar-refractivity contribution in [2.75, 3.05) is 26.0 Å². The molecule has 104 valence electrons. The molecule has 0 aliphatic rings. The molecule has 0 amide bonds. The lowest BCUT2D eigenvalue weighted by Gasteiger charge is -2.04. The lowest BCUT2D eigenvalue weighted by molar-refractivity contribution is 0.217. The van der Waals surface area contributed by atoms with Gasteiger partial charge in [-0.15, -0.1) is 0 Å². The van der Waals surface area contributed by atoms with Crippen molar-refractivity contribution in [1.29, 1.82) is 0 Å². The summed E-state index contributed by atoms with van der Waals surface area (Å²) in [5.41, 5.74) is 0.819. The second-order valence-electron chi connectivity index (χ2n) is 4.21. The molecule has 0 aliphatic heterocycles. The summed E-state index contributed by atoms with van der Waals surface area (Å²) in [6.07, 6.45) is 0.529. The number of nitrogens with one attached hydrogen (secondary N) is 1. The second-order valence-corrected chi connectivity index (χ2v) is 6.13. The largest absolute Gasteiger partial charge is 0.461 e. The molecular weight excluding hydrogens is 266 g/mol. The molecule has 2 rings (SSSR count). The van der Waals surface area contributed by atoms with E-state index in [1.165, 1.54) is 7.11 Å². The van der Waals surface area contributed by atoms with E-state index < -0.39 is 10.0 Å². The van der Waals surface area contributed by atoms with E-state index in [2.05, 4.69) is 4.72 Å². The zero-order valence-electron chi connectivity index (χ0n) is 10.8. The van der Waals surface area contributed by atoms with Crippen molar-refractivity contribution in [2.24, 2.45) is 0 Å². The standard InChI is InChI=1S/C13H17NO4S/c1-17-8-9-19(15,16)14-7-6-12-10-11-4-2-3-5-13(11)18-12/h2-5,10,14H,6-9H2,1H3. The summed E-state index contributed by atoms with van der Waals surface area (Å²) >= 11 is 0. The SMILES string of the molecule is COCCS(=O)(=O)NCCc1cc2ccccc2o1. The van der Waals surface area contributed by atoms with E-state index in [0.29, 0.717) is 13.0 Å². The fraction of sp³-hybridized carbons (Fsp3) is 0.385. The van der Waals surface area contributed by atoms with Crippen molar-refractivity contribution in [2.45, 2.75) is 6.42 Å². The van der Waals surface area contributed by atoms with E-state index in [4.69, 9.17) is 9.15 Å². The van der Waals surface area contributed by atoms with Crippen LogP contribution < -0.4 is 4.72 Å². The summed E-state index contributed by atoms with van der Waals surface area (Å²) < 4.78 is 35.9. The van der Waals surface area contributed by atoms with Crippen LogP contribution in [0.3, 0.4) is 0 Å². The molecule has 0 saturated carbocycles. The van der Waals surface area contributed by atoms with E-state index in [-0.39, 0.29) is 12.4 Å². The van der Waals surface area contributed by atoms with Crippen molar-refractivity contribution in [3.8, 4) is 0 Å². The molecular formula is C13H17NO4S. The molecule has 0 atom stereocenters. The molecule has 6 heteroatoms. The highest BCUT2D eigenvalue weighted by Gasteiger charge is 2.10. The molecule has 0 aliphatic carbocycles. The fourth-order valence-electron chi connectivity index (χ4n) is 1.76. The van der Waals surface area contributed by atoms with Gasteiger partial charge < -0.3 is 9.15 Å². The normalized spacial score (nSPS) is 12.1. The Kier molecular flexibility index (Phi) is 4.57. The molecule has 5 nitrogen and oxygen atoms in total. The number of ether oxygens (including phenoxy) is 1. The minimum Gasteiger partial charge on any atom is -0.461 e. The zero-order valence-corrected chi connectivity index (χ0v) is 11.6. The van der Waals surface area contributed by atoms with Crippen LogP contribution in [0, 0.1) is 0 Å². The maximum atomic E-state index is 11.5. The predicted octanol–water partition coefficient (Wildman–Crippen LogP) is 1.54. The molecule has 0 spiro atoms. The van der Waals surface area contributed by atoms with E-state index in [1.54, 1.807) is 0 Å². The van der Waals surface area contributed by atoms with Gasteiger partial charge in [0.1, 0.15) is 11.3 Å². The van der Waals surface area contributed by atoms with Gasteiger partial charge in [0.25, 0.3) is 0 Å². The average molecular weight is 283 g/mol. The van der Waals surface area contributed by atoms with Crippen LogP contribution in [0.5, 0.6) is 0 Å². The van der Waals surface area contributed by atoms with Crippen LogP contribution in [0.1, 0.15) is 5.76 Å². The minimum absolute atomic E-state index is 0.0242. The number of hydrogen-bond acceptors (Lipinski definition) is 4. The van der Waals surface area contributed by atoms with Gasteiger partial charge >= 0.3 is 0 Å². The molecule has 1 heterocycles. The number of sulfonamides is 1. The van der Waals surface area contributed by atoms with Crippen molar-refractivity contribution >= 4 is 21.0 Å². The highest BCUT2D eigenvalue weighted by atomic mass is 32.2. The van der Waals surface area contributed by atoms with Crippen LogP contribution in [0.2, 0.25) is 0 Å². The lowest BCUT2D eigenvalue weighted by atomic mass is 10.2. The first-order valence-corrected chi connectivity index (χ1v) is 7.70. The Morgan fingerprint density at radius 3 is 2.84 bits per heavy atom. The smallest absolute Gasteiger partial charge is 0.213 e. The first-order valence-electron chi connectivity index (χ1n) is 6.04. The van der Waals surface area contributed by atoms with Gasteiger partial charge in [0.15, 0.2) is 0 Å². The van der Waals surface area contributed by atoms with Crippen LogP contribution in [0.15, 0.2) is 34.7 Å². The molecule has 0 radical (unpaired) electrons. The highest BCUT2D eigenvalue weighted by molar-refractivity contribution is 7.89. The molecule has 1 N–H and O–H groups in total. The van der Waals surface area contributed by atoms with Crippen LogP contribution in [0.4, 0.5) is 0 Å².